The number of anilines is 1. The number of nitrogens with zero attached hydrogens (tertiary/aromatic N) is 5. The van der Waals surface area contributed by atoms with Crippen molar-refractivity contribution >= 4 is 35.6 Å². The molecule has 0 atom stereocenters. The maximum absolute atomic E-state index is 13.0. The molecule has 1 aliphatic heterocycles. The molecule has 3 rings (SSSR count). The van der Waals surface area contributed by atoms with Crippen LogP contribution in [0.3, 0.4) is 0 Å². The molecule has 2 heterocycles. The van der Waals surface area contributed by atoms with Gasteiger partial charge in [-0.1, -0.05) is 6.07 Å². The molecule has 1 fully saturated rings. The molecule has 0 unspecified atom stereocenters. The van der Waals surface area contributed by atoms with Crippen molar-refractivity contribution in [2.75, 3.05) is 37.6 Å². The van der Waals surface area contributed by atoms with E-state index < -0.39 is 11.7 Å². The summed E-state index contributed by atoms with van der Waals surface area (Å²) >= 11 is 0. The number of alkyl halides is 3. The lowest BCUT2D eigenvalue weighted by Gasteiger charge is -2.38. The Hall–Kier alpha value is -1.98. The molecule has 1 aliphatic rings. The molecule has 6 nitrogen and oxygen atoms in total. The highest BCUT2D eigenvalue weighted by Gasteiger charge is 2.31. The maximum atomic E-state index is 13.0. The van der Waals surface area contributed by atoms with Crippen molar-refractivity contribution in [2.45, 2.75) is 19.6 Å². The van der Waals surface area contributed by atoms with Gasteiger partial charge >= 0.3 is 6.18 Å². The molecule has 0 aliphatic carbocycles. The molecule has 0 bridgehead atoms. The Bertz CT molecular complexity index is 812. The lowest BCUT2D eigenvalue weighted by atomic mass is 10.1. The topological polar surface area (TPSA) is 48.7 Å². The molecule has 2 aromatic rings. The van der Waals surface area contributed by atoms with Gasteiger partial charge in [0.1, 0.15) is 0 Å². The van der Waals surface area contributed by atoms with Gasteiger partial charge in [-0.2, -0.15) is 18.3 Å². The van der Waals surface area contributed by atoms with Crippen LogP contribution in [0.4, 0.5) is 18.9 Å². The number of aromatic nitrogens is 2. The first-order chi connectivity index (χ1) is 13.4. The molecule has 0 spiro atoms. The predicted molar refractivity (Wildman–Crippen MR) is 119 cm³/mol. The van der Waals surface area contributed by atoms with Crippen LogP contribution < -0.4 is 10.2 Å². The highest BCUT2D eigenvalue weighted by atomic mass is 127. The molecule has 1 aromatic carbocycles. The molecule has 0 saturated carbocycles. The number of guanidine groups is 1. The fourth-order valence-electron chi connectivity index (χ4n) is 3.19. The van der Waals surface area contributed by atoms with Gasteiger partial charge in [-0.3, -0.25) is 4.68 Å². The summed E-state index contributed by atoms with van der Waals surface area (Å²) in [5, 5.41) is 7.44. The predicted octanol–water partition coefficient (Wildman–Crippen LogP) is 3.34. The monoisotopic (exact) mass is 522 g/mol. The first-order valence-electron chi connectivity index (χ1n) is 9.31. The van der Waals surface area contributed by atoms with Crippen molar-refractivity contribution in [3.05, 3.63) is 47.8 Å². The number of halogens is 4. The number of rotatable bonds is 4. The first-order valence-corrected chi connectivity index (χ1v) is 9.31. The Morgan fingerprint density at radius 1 is 1.17 bits per heavy atom. The van der Waals surface area contributed by atoms with Crippen LogP contribution in [0, 0.1) is 0 Å². The Labute approximate surface area is 185 Å². The second kappa shape index (κ2) is 10.2. The van der Waals surface area contributed by atoms with Gasteiger partial charge in [0.25, 0.3) is 0 Å². The Morgan fingerprint density at radius 3 is 2.48 bits per heavy atom. The maximum Gasteiger partial charge on any atom is 0.416 e. The fourth-order valence-corrected chi connectivity index (χ4v) is 3.19. The van der Waals surface area contributed by atoms with Crippen LogP contribution in [-0.2, 0) is 19.8 Å². The molecule has 1 saturated heterocycles. The van der Waals surface area contributed by atoms with Gasteiger partial charge in [0.2, 0.25) is 0 Å². The third-order valence-corrected chi connectivity index (χ3v) is 4.77. The standard InChI is InChI=1S/C19H25F3N6.HI/c1-3-23-18(24-14-17-7-8-25-26(17)2)28-11-9-27(10-12-28)16-6-4-5-15(13-16)19(20,21)22;/h4-8,13H,3,9-12,14H2,1-2H3,(H,23,24);1H. The number of nitrogens with one attached hydrogen (secondary N) is 1. The Balaban J connectivity index is 0.00000300. The van der Waals surface area contributed by atoms with Gasteiger partial charge in [0.05, 0.1) is 17.8 Å². The van der Waals surface area contributed by atoms with Gasteiger partial charge < -0.3 is 15.1 Å². The number of hydrogen-bond acceptors (Lipinski definition) is 3. The van der Waals surface area contributed by atoms with Gasteiger partial charge in [0.15, 0.2) is 5.96 Å². The average Bonchev–Trinajstić information content (AvgIpc) is 3.09. The van der Waals surface area contributed by atoms with Crippen molar-refractivity contribution in [3.8, 4) is 0 Å². The summed E-state index contributed by atoms with van der Waals surface area (Å²) in [6, 6.07) is 7.45. The zero-order chi connectivity index (χ0) is 20.1. The number of aryl methyl sites for hydroxylation is 1. The van der Waals surface area contributed by atoms with Crippen LogP contribution in [0.5, 0.6) is 0 Å². The second-order valence-corrected chi connectivity index (χ2v) is 6.64. The molecule has 160 valence electrons. The molecular weight excluding hydrogens is 496 g/mol. The van der Waals surface area contributed by atoms with E-state index in [1.165, 1.54) is 12.1 Å². The van der Waals surface area contributed by atoms with E-state index in [9.17, 15) is 13.2 Å². The minimum atomic E-state index is -4.32. The van der Waals surface area contributed by atoms with Gasteiger partial charge in [0, 0.05) is 51.7 Å². The Morgan fingerprint density at radius 2 is 1.90 bits per heavy atom. The van der Waals surface area contributed by atoms with E-state index in [0.717, 1.165) is 24.3 Å². The van der Waals surface area contributed by atoms with Crippen LogP contribution in [0.1, 0.15) is 18.2 Å². The number of hydrogen-bond donors (Lipinski definition) is 1. The van der Waals surface area contributed by atoms with Crippen molar-refractivity contribution in [1.29, 1.82) is 0 Å². The normalized spacial score (nSPS) is 15.3. The molecule has 10 heteroatoms. The smallest absolute Gasteiger partial charge is 0.368 e. The SMILES string of the molecule is CCNC(=NCc1ccnn1C)N1CCN(c2cccc(C(F)(F)F)c2)CC1.I. The van der Waals surface area contributed by atoms with Crippen LogP contribution in [0.25, 0.3) is 0 Å². The van der Waals surface area contributed by atoms with Crippen LogP contribution in [-0.4, -0.2) is 53.4 Å². The molecule has 0 radical (unpaired) electrons. The summed E-state index contributed by atoms with van der Waals surface area (Å²) in [6.45, 7) is 5.93. The van der Waals surface area contributed by atoms with Crippen molar-refractivity contribution in [3.63, 3.8) is 0 Å². The summed E-state index contributed by atoms with van der Waals surface area (Å²) in [7, 11) is 1.88. The third-order valence-electron chi connectivity index (χ3n) is 4.77. The summed E-state index contributed by atoms with van der Waals surface area (Å²) < 4.78 is 40.7. The fraction of sp³-hybridized carbons (Fsp3) is 0.474. The first kappa shape index (κ1) is 23.3. The van der Waals surface area contributed by atoms with E-state index in [-0.39, 0.29) is 24.0 Å². The van der Waals surface area contributed by atoms with Gasteiger partial charge in [-0.15, -0.1) is 24.0 Å². The van der Waals surface area contributed by atoms with E-state index in [1.54, 1.807) is 16.9 Å². The number of benzene rings is 1. The molecule has 0 amide bonds. The lowest BCUT2D eigenvalue weighted by molar-refractivity contribution is -0.137. The van der Waals surface area contributed by atoms with Crippen molar-refractivity contribution < 1.29 is 13.2 Å². The molecule has 1 aromatic heterocycles. The molecule has 1 N–H and O–H groups in total. The molecular formula is C19H26F3IN6. The minimum absolute atomic E-state index is 0. The van der Waals surface area contributed by atoms with E-state index in [1.807, 2.05) is 24.9 Å². The van der Waals surface area contributed by atoms with E-state index in [4.69, 9.17) is 0 Å². The van der Waals surface area contributed by atoms with E-state index >= 15 is 0 Å². The highest BCUT2D eigenvalue weighted by molar-refractivity contribution is 14.0. The lowest BCUT2D eigenvalue weighted by Crippen LogP contribution is -2.52. The van der Waals surface area contributed by atoms with Gasteiger partial charge in [-0.25, -0.2) is 4.99 Å². The van der Waals surface area contributed by atoms with Crippen molar-refractivity contribution in [1.82, 2.24) is 20.0 Å². The largest absolute Gasteiger partial charge is 0.416 e. The van der Waals surface area contributed by atoms with Gasteiger partial charge in [-0.05, 0) is 31.2 Å². The number of aliphatic imine (C=N–C) groups is 1. The Kier molecular flexibility index (Phi) is 8.17. The summed E-state index contributed by atoms with van der Waals surface area (Å²) in [4.78, 5) is 8.81. The van der Waals surface area contributed by atoms with Crippen LogP contribution >= 0.6 is 24.0 Å². The van der Waals surface area contributed by atoms with Crippen LogP contribution in [0.2, 0.25) is 0 Å². The van der Waals surface area contributed by atoms with E-state index in [0.29, 0.717) is 38.4 Å². The van der Waals surface area contributed by atoms with Crippen LogP contribution in [0.15, 0.2) is 41.5 Å². The summed E-state index contributed by atoms with van der Waals surface area (Å²) in [6.07, 6.45) is -2.58. The zero-order valence-corrected chi connectivity index (χ0v) is 18.8. The second-order valence-electron chi connectivity index (χ2n) is 6.64. The van der Waals surface area contributed by atoms with Crippen molar-refractivity contribution in [2.24, 2.45) is 12.0 Å². The quantitative estimate of drug-likeness (QED) is 0.381. The van der Waals surface area contributed by atoms with E-state index in [2.05, 4.69) is 20.3 Å². The zero-order valence-electron chi connectivity index (χ0n) is 16.5. The third kappa shape index (κ3) is 6.00. The molecule has 29 heavy (non-hydrogen) atoms. The summed E-state index contributed by atoms with van der Waals surface area (Å²) in [5.74, 6) is 0.812. The summed E-state index contributed by atoms with van der Waals surface area (Å²) in [5.41, 5.74) is 1.00. The minimum Gasteiger partial charge on any atom is -0.368 e. The highest BCUT2D eigenvalue weighted by Crippen LogP contribution is 2.31. The average molecular weight is 522 g/mol. The number of piperazine rings is 1.